The number of halogens is 1. The summed E-state index contributed by atoms with van der Waals surface area (Å²) in [5.74, 6) is 0.322. The molecule has 0 aliphatic heterocycles. The highest BCUT2D eigenvalue weighted by Crippen LogP contribution is 2.28. The Morgan fingerprint density at radius 2 is 1.96 bits per heavy atom. The number of nitro groups is 1. The number of aromatic nitrogens is 2. The zero-order valence-corrected chi connectivity index (χ0v) is 14.1. The van der Waals surface area contributed by atoms with Crippen molar-refractivity contribution in [2.24, 2.45) is 0 Å². The van der Waals surface area contributed by atoms with Crippen molar-refractivity contribution in [1.82, 2.24) is 9.97 Å². The average molecular weight is 364 g/mol. The first-order valence-electron chi connectivity index (χ1n) is 8.01. The first-order valence-corrected chi connectivity index (χ1v) is 8.39. The molecule has 0 saturated heterocycles. The maximum absolute atomic E-state index is 11.2. The van der Waals surface area contributed by atoms with E-state index < -0.39 is 11.0 Å². The number of aliphatic hydroxyl groups excluding tert-OH is 1. The van der Waals surface area contributed by atoms with Crippen molar-refractivity contribution in [3.05, 3.63) is 45.6 Å². The third kappa shape index (κ3) is 4.34. The van der Waals surface area contributed by atoms with Gasteiger partial charge in [-0.05, 0) is 37.1 Å². The molecule has 0 bridgehead atoms. The van der Waals surface area contributed by atoms with Crippen LogP contribution in [-0.4, -0.2) is 32.1 Å². The summed E-state index contributed by atoms with van der Waals surface area (Å²) in [5, 5.41) is 27.9. The zero-order valence-electron chi connectivity index (χ0n) is 13.4. The van der Waals surface area contributed by atoms with Gasteiger partial charge in [0.1, 0.15) is 6.20 Å². The van der Waals surface area contributed by atoms with E-state index in [1.54, 1.807) is 24.3 Å². The minimum atomic E-state index is -0.545. The first kappa shape index (κ1) is 17.4. The lowest BCUT2D eigenvalue weighted by Gasteiger charge is -2.28. The lowest BCUT2D eigenvalue weighted by atomic mass is 9.92. The fourth-order valence-electron chi connectivity index (χ4n) is 2.79. The Kier molecular flexibility index (Phi) is 5.30. The van der Waals surface area contributed by atoms with Crippen molar-refractivity contribution < 1.29 is 10.0 Å². The normalized spacial score (nSPS) is 20.1. The van der Waals surface area contributed by atoms with Crippen molar-refractivity contribution in [3.8, 4) is 0 Å². The van der Waals surface area contributed by atoms with Gasteiger partial charge in [0.05, 0.1) is 17.1 Å². The van der Waals surface area contributed by atoms with Crippen LogP contribution in [0.1, 0.15) is 25.7 Å². The summed E-state index contributed by atoms with van der Waals surface area (Å²) >= 11 is 5.85. The summed E-state index contributed by atoms with van der Waals surface area (Å²) in [4.78, 5) is 18.9. The molecule has 2 atom stereocenters. The number of hydrogen-bond acceptors (Lipinski definition) is 7. The minimum absolute atomic E-state index is 0.0995. The Balaban J connectivity index is 1.83. The Morgan fingerprint density at radius 3 is 2.64 bits per heavy atom. The van der Waals surface area contributed by atoms with Gasteiger partial charge in [-0.15, -0.1) is 0 Å². The molecule has 132 valence electrons. The molecule has 1 heterocycles. The predicted molar refractivity (Wildman–Crippen MR) is 95.3 cm³/mol. The SMILES string of the molecule is O=[N+]([O-])c1cnc(Nc2ccc(Cl)cc2)nc1NC1CCCCC1O. The molecule has 1 aliphatic rings. The highest BCUT2D eigenvalue weighted by molar-refractivity contribution is 6.30. The summed E-state index contributed by atoms with van der Waals surface area (Å²) in [6.45, 7) is 0. The molecule has 25 heavy (non-hydrogen) atoms. The summed E-state index contributed by atoms with van der Waals surface area (Å²) < 4.78 is 0. The van der Waals surface area contributed by atoms with Crippen LogP contribution in [-0.2, 0) is 0 Å². The van der Waals surface area contributed by atoms with Crippen LogP contribution in [0.5, 0.6) is 0 Å². The van der Waals surface area contributed by atoms with E-state index in [0.29, 0.717) is 17.1 Å². The molecule has 1 aromatic carbocycles. The first-order chi connectivity index (χ1) is 12.0. The molecule has 0 radical (unpaired) electrons. The fraction of sp³-hybridized carbons (Fsp3) is 0.375. The Hall–Kier alpha value is -2.45. The second-order valence-corrected chi connectivity index (χ2v) is 6.36. The number of nitrogens with one attached hydrogen (secondary N) is 2. The Labute approximate surface area is 149 Å². The molecule has 1 saturated carbocycles. The maximum atomic E-state index is 11.2. The molecule has 3 N–H and O–H groups in total. The van der Waals surface area contributed by atoms with Gasteiger partial charge in [0.15, 0.2) is 0 Å². The van der Waals surface area contributed by atoms with E-state index in [1.807, 2.05) is 0 Å². The topological polar surface area (TPSA) is 113 Å². The molecule has 2 unspecified atom stereocenters. The van der Waals surface area contributed by atoms with E-state index in [-0.39, 0.29) is 23.5 Å². The van der Waals surface area contributed by atoms with E-state index in [2.05, 4.69) is 20.6 Å². The van der Waals surface area contributed by atoms with E-state index in [4.69, 9.17) is 11.6 Å². The van der Waals surface area contributed by atoms with Crippen molar-refractivity contribution in [1.29, 1.82) is 0 Å². The number of aliphatic hydroxyl groups is 1. The zero-order chi connectivity index (χ0) is 17.8. The number of hydrogen-bond donors (Lipinski definition) is 3. The molecule has 3 rings (SSSR count). The highest BCUT2D eigenvalue weighted by Gasteiger charge is 2.27. The number of anilines is 3. The summed E-state index contributed by atoms with van der Waals surface area (Å²) in [6, 6.07) is 6.68. The summed E-state index contributed by atoms with van der Waals surface area (Å²) in [6.07, 6.45) is 3.94. The van der Waals surface area contributed by atoms with Crippen LogP contribution in [0.25, 0.3) is 0 Å². The van der Waals surface area contributed by atoms with Crippen LogP contribution in [0.15, 0.2) is 30.5 Å². The predicted octanol–water partition coefficient (Wildman–Crippen LogP) is 3.50. The van der Waals surface area contributed by atoms with Crippen molar-refractivity contribution in [2.75, 3.05) is 10.6 Å². The van der Waals surface area contributed by atoms with Gasteiger partial charge in [0.2, 0.25) is 11.8 Å². The quantitative estimate of drug-likeness (QED) is 0.550. The standard InChI is InChI=1S/C16H18ClN5O3/c17-10-5-7-11(8-6-10)19-16-18-9-13(22(24)25)15(21-16)20-12-3-1-2-4-14(12)23/h5-9,12,14,23H,1-4H2,(H2,18,19,20,21). The van der Waals surface area contributed by atoms with Gasteiger partial charge in [-0.1, -0.05) is 24.4 Å². The third-order valence-electron chi connectivity index (χ3n) is 4.12. The van der Waals surface area contributed by atoms with Crippen LogP contribution in [0.3, 0.4) is 0 Å². The van der Waals surface area contributed by atoms with E-state index in [1.165, 1.54) is 0 Å². The highest BCUT2D eigenvalue weighted by atomic mass is 35.5. The van der Waals surface area contributed by atoms with Gasteiger partial charge in [0.25, 0.3) is 0 Å². The molecule has 0 spiro atoms. The monoisotopic (exact) mass is 363 g/mol. The lowest BCUT2D eigenvalue weighted by molar-refractivity contribution is -0.384. The fourth-order valence-corrected chi connectivity index (χ4v) is 2.92. The van der Waals surface area contributed by atoms with Crippen molar-refractivity contribution in [3.63, 3.8) is 0 Å². The number of nitrogens with zero attached hydrogens (tertiary/aromatic N) is 3. The van der Waals surface area contributed by atoms with Gasteiger partial charge in [-0.3, -0.25) is 10.1 Å². The van der Waals surface area contributed by atoms with Crippen LogP contribution in [0.4, 0.5) is 23.1 Å². The van der Waals surface area contributed by atoms with Crippen molar-refractivity contribution in [2.45, 2.75) is 37.8 Å². The Bertz CT molecular complexity index is 756. The van der Waals surface area contributed by atoms with Crippen molar-refractivity contribution >= 4 is 34.7 Å². The van der Waals surface area contributed by atoms with Gasteiger partial charge < -0.3 is 15.7 Å². The van der Waals surface area contributed by atoms with Crippen LogP contribution >= 0.6 is 11.6 Å². The molecule has 0 amide bonds. The van der Waals surface area contributed by atoms with Gasteiger partial charge in [-0.2, -0.15) is 4.98 Å². The Morgan fingerprint density at radius 1 is 1.24 bits per heavy atom. The molecule has 9 heteroatoms. The molecular formula is C16H18ClN5O3. The largest absolute Gasteiger partial charge is 0.391 e. The molecule has 1 aromatic heterocycles. The third-order valence-corrected chi connectivity index (χ3v) is 4.37. The molecule has 1 aliphatic carbocycles. The van der Waals surface area contributed by atoms with Gasteiger partial charge in [-0.25, -0.2) is 4.98 Å². The summed E-state index contributed by atoms with van der Waals surface area (Å²) in [5.41, 5.74) is 0.487. The van der Waals surface area contributed by atoms with E-state index >= 15 is 0 Å². The van der Waals surface area contributed by atoms with Crippen LogP contribution < -0.4 is 10.6 Å². The maximum Gasteiger partial charge on any atom is 0.329 e. The second-order valence-electron chi connectivity index (χ2n) is 5.92. The van der Waals surface area contributed by atoms with Crippen LogP contribution in [0.2, 0.25) is 5.02 Å². The van der Waals surface area contributed by atoms with Crippen LogP contribution in [0, 0.1) is 10.1 Å². The number of rotatable bonds is 5. The molecular weight excluding hydrogens is 346 g/mol. The van der Waals surface area contributed by atoms with E-state index in [0.717, 1.165) is 25.5 Å². The molecule has 8 nitrogen and oxygen atoms in total. The molecule has 2 aromatic rings. The number of benzene rings is 1. The smallest absolute Gasteiger partial charge is 0.329 e. The van der Waals surface area contributed by atoms with E-state index in [9.17, 15) is 15.2 Å². The second kappa shape index (κ2) is 7.62. The van der Waals surface area contributed by atoms with Gasteiger partial charge in [0, 0.05) is 10.7 Å². The molecule has 1 fully saturated rings. The summed E-state index contributed by atoms with van der Waals surface area (Å²) in [7, 11) is 0. The average Bonchev–Trinajstić information content (AvgIpc) is 2.59. The van der Waals surface area contributed by atoms with Gasteiger partial charge >= 0.3 is 5.69 Å². The minimum Gasteiger partial charge on any atom is -0.391 e. The lowest BCUT2D eigenvalue weighted by Crippen LogP contribution is -2.36.